The molecule has 0 aliphatic rings. The molecule has 0 saturated heterocycles. The van der Waals surface area contributed by atoms with Crippen LogP contribution in [0.15, 0.2) is 12.7 Å². The molecule has 1 atom stereocenters. The van der Waals surface area contributed by atoms with E-state index in [0.29, 0.717) is 4.48 Å². The molecule has 0 aliphatic heterocycles. The Morgan fingerprint density at radius 1 is 1.54 bits per heavy atom. The van der Waals surface area contributed by atoms with E-state index >= 15 is 0 Å². The summed E-state index contributed by atoms with van der Waals surface area (Å²) in [5.74, 6) is -0.341. The van der Waals surface area contributed by atoms with Gasteiger partial charge in [0.1, 0.15) is 0 Å². The largest absolute Gasteiger partial charge is 0.409 e. The van der Waals surface area contributed by atoms with E-state index in [9.17, 15) is 4.79 Å². The molecule has 0 saturated carbocycles. The number of rotatable bonds is 5. The number of hydrogen-bond acceptors (Lipinski definition) is 2. The molecular weight excluding hydrogens is 166 g/mol. The predicted octanol–water partition coefficient (Wildman–Crippen LogP) is 1.55. The van der Waals surface area contributed by atoms with Gasteiger partial charge in [-0.25, -0.2) is 4.79 Å². The summed E-state index contributed by atoms with van der Waals surface area (Å²) in [5.41, 5.74) is 0. The average molecular weight is 186 g/mol. The third kappa shape index (κ3) is 3.59. The lowest BCUT2D eigenvalue weighted by Crippen LogP contribution is -2.50. The molecule has 0 N–H and O–H groups in total. The van der Waals surface area contributed by atoms with Gasteiger partial charge < -0.3 is 4.74 Å². The van der Waals surface area contributed by atoms with Gasteiger partial charge in [0.15, 0.2) is 0 Å². The number of carbonyl (C=O) groups excluding carboxylic acids is 1. The van der Waals surface area contributed by atoms with Crippen molar-refractivity contribution in [3.63, 3.8) is 0 Å². The van der Waals surface area contributed by atoms with E-state index in [0.717, 1.165) is 13.0 Å². The summed E-state index contributed by atoms with van der Waals surface area (Å²) in [6, 6.07) is 0. The first-order valence-corrected chi connectivity index (χ1v) is 4.63. The van der Waals surface area contributed by atoms with Crippen molar-refractivity contribution in [2.75, 3.05) is 20.6 Å². The van der Waals surface area contributed by atoms with Crippen LogP contribution in [-0.4, -0.2) is 37.3 Å². The first-order chi connectivity index (χ1) is 5.97. The molecule has 0 heterocycles. The quantitative estimate of drug-likeness (QED) is 0.282. The topological polar surface area (TPSA) is 26.3 Å². The maximum atomic E-state index is 11.0. The molecule has 0 aromatic heterocycles. The van der Waals surface area contributed by atoms with E-state index in [-0.39, 0.29) is 12.2 Å². The van der Waals surface area contributed by atoms with Gasteiger partial charge in [-0.1, -0.05) is 13.5 Å². The molecule has 0 amide bonds. The molecule has 76 valence electrons. The van der Waals surface area contributed by atoms with E-state index in [2.05, 4.69) is 13.5 Å². The summed E-state index contributed by atoms with van der Waals surface area (Å²) in [5, 5.41) is 0. The molecule has 3 heteroatoms. The summed E-state index contributed by atoms with van der Waals surface area (Å²) in [4.78, 5) is 11.0. The molecule has 0 aliphatic carbocycles. The molecule has 0 bridgehead atoms. The van der Waals surface area contributed by atoms with Crippen LogP contribution in [-0.2, 0) is 9.53 Å². The minimum Gasteiger partial charge on any atom is -0.409 e. The molecule has 3 nitrogen and oxygen atoms in total. The van der Waals surface area contributed by atoms with Crippen molar-refractivity contribution in [1.29, 1.82) is 0 Å². The molecule has 0 aromatic rings. The van der Waals surface area contributed by atoms with Crippen molar-refractivity contribution in [3.05, 3.63) is 12.7 Å². The monoisotopic (exact) mass is 186 g/mol. The maximum absolute atomic E-state index is 11.0. The summed E-state index contributed by atoms with van der Waals surface area (Å²) in [6.45, 7) is 8.39. The lowest BCUT2D eigenvalue weighted by Gasteiger charge is -2.35. The molecule has 0 radical (unpaired) electrons. The van der Waals surface area contributed by atoms with E-state index < -0.39 is 0 Å². The summed E-state index contributed by atoms with van der Waals surface area (Å²) in [7, 11) is 4.09. The summed E-state index contributed by atoms with van der Waals surface area (Å²) < 4.78 is 5.91. The normalized spacial score (nSPS) is 13.5. The Morgan fingerprint density at radius 3 is 2.38 bits per heavy atom. The smallest absolute Gasteiger partial charge is 0.334 e. The second-order valence-electron chi connectivity index (χ2n) is 3.60. The zero-order chi connectivity index (χ0) is 10.5. The van der Waals surface area contributed by atoms with Crippen LogP contribution in [0.25, 0.3) is 0 Å². The minimum absolute atomic E-state index is 0.0736. The average Bonchev–Trinajstić information content (AvgIpc) is 2.13. The summed E-state index contributed by atoms with van der Waals surface area (Å²) >= 11 is 0. The number of ether oxygens (including phenoxy) is 1. The van der Waals surface area contributed by atoms with Crippen LogP contribution in [0.5, 0.6) is 0 Å². The van der Waals surface area contributed by atoms with Crippen molar-refractivity contribution in [2.24, 2.45) is 0 Å². The Balaban J connectivity index is 4.33. The first kappa shape index (κ1) is 12.2. The van der Waals surface area contributed by atoms with Crippen molar-refractivity contribution in [2.45, 2.75) is 26.5 Å². The Hall–Kier alpha value is -0.830. The van der Waals surface area contributed by atoms with Gasteiger partial charge in [0.25, 0.3) is 0 Å². The standard InChI is InChI=1S/C10H20NO2/c1-6-9(11(4,5)8-3)13-10(12)7-2/h7,9H,2,6,8H2,1,3-5H3/q+1. The highest BCUT2D eigenvalue weighted by atomic mass is 16.6. The third-order valence-corrected chi connectivity index (χ3v) is 2.36. The maximum Gasteiger partial charge on any atom is 0.334 e. The van der Waals surface area contributed by atoms with Gasteiger partial charge >= 0.3 is 5.97 Å². The highest BCUT2D eigenvalue weighted by molar-refractivity contribution is 5.81. The van der Waals surface area contributed by atoms with Crippen LogP contribution < -0.4 is 0 Å². The van der Waals surface area contributed by atoms with E-state index in [1.807, 2.05) is 21.0 Å². The molecule has 0 aromatic carbocycles. The van der Waals surface area contributed by atoms with Gasteiger partial charge in [0, 0.05) is 12.5 Å². The lowest BCUT2D eigenvalue weighted by atomic mass is 10.3. The van der Waals surface area contributed by atoms with Crippen LogP contribution >= 0.6 is 0 Å². The van der Waals surface area contributed by atoms with Gasteiger partial charge in [-0.15, -0.1) is 0 Å². The number of nitrogens with zero attached hydrogens (tertiary/aromatic N) is 1. The number of quaternary nitrogens is 1. The second kappa shape index (κ2) is 5.02. The van der Waals surface area contributed by atoms with Crippen LogP contribution in [0.3, 0.4) is 0 Å². The number of hydrogen-bond donors (Lipinski definition) is 0. The zero-order valence-electron chi connectivity index (χ0n) is 9.04. The van der Waals surface area contributed by atoms with E-state index in [4.69, 9.17) is 4.74 Å². The Kier molecular flexibility index (Phi) is 4.70. The molecular formula is C10H20NO2+. The zero-order valence-corrected chi connectivity index (χ0v) is 9.04. The molecule has 0 rings (SSSR count). The fourth-order valence-electron chi connectivity index (χ4n) is 1.11. The predicted molar refractivity (Wildman–Crippen MR) is 53.0 cm³/mol. The SMILES string of the molecule is C=CC(=O)OC(CC)[N+](C)(C)CC. The van der Waals surface area contributed by atoms with Crippen LogP contribution in [0.2, 0.25) is 0 Å². The van der Waals surface area contributed by atoms with Crippen molar-refractivity contribution < 1.29 is 14.0 Å². The molecule has 0 spiro atoms. The highest BCUT2D eigenvalue weighted by Crippen LogP contribution is 2.11. The molecule has 0 fully saturated rings. The fourth-order valence-corrected chi connectivity index (χ4v) is 1.11. The Bertz CT molecular complexity index is 187. The van der Waals surface area contributed by atoms with Crippen LogP contribution in [0.1, 0.15) is 20.3 Å². The van der Waals surface area contributed by atoms with Crippen molar-refractivity contribution in [1.82, 2.24) is 0 Å². The van der Waals surface area contributed by atoms with Crippen molar-refractivity contribution in [3.8, 4) is 0 Å². The second-order valence-corrected chi connectivity index (χ2v) is 3.60. The van der Waals surface area contributed by atoms with Gasteiger partial charge in [-0.2, -0.15) is 0 Å². The number of esters is 1. The van der Waals surface area contributed by atoms with E-state index in [1.54, 1.807) is 0 Å². The van der Waals surface area contributed by atoms with Gasteiger partial charge in [-0.3, -0.25) is 4.48 Å². The Morgan fingerprint density at radius 2 is 2.08 bits per heavy atom. The molecule has 1 unspecified atom stereocenters. The van der Waals surface area contributed by atoms with E-state index in [1.165, 1.54) is 6.08 Å². The molecule has 13 heavy (non-hydrogen) atoms. The lowest BCUT2D eigenvalue weighted by molar-refractivity contribution is -0.933. The minimum atomic E-state index is -0.341. The van der Waals surface area contributed by atoms with Gasteiger partial charge in [-0.05, 0) is 6.92 Å². The van der Waals surface area contributed by atoms with Gasteiger partial charge in [0.2, 0.25) is 6.23 Å². The fraction of sp³-hybridized carbons (Fsp3) is 0.700. The first-order valence-electron chi connectivity index (χ1n) is 4.63. The van der Waals surface area contributed by atoms with Crippen LogP contribution in [0, 0.1) is 0 Å². The van der Waals surface area contributed by atoms with Crippen molar-refractivity contribution >= 4 is 5.97 Å². The van der Waals surface area contributed by atoms with Gasteiger partial charge in [0.05, 0.1) is 20.6 Å². The highest BCUT2D eigenvalue weighted by Gasteiger charge is 2.27. The Labute approximate surface area is 80.6 Å². The third-order valence-electron chi connectivity index (χ3n) is 2.36. The van der Waals surface area contributed by atoms with Crippen LogP contribution in [0.4, 0.5) is 0 Å². The number of carbonyl (C=O) groups is 1. The summed E-state index contributed by atoms with van der Waals surface area (Å²) in [6.07, 6.45) is 1.95.